The maximum Gasteiger partial charge on any atom is 0.234 e. The van der Waals surface area contributed by atoms with Crippen molar-refractivity contribution >= 4 is 45.3 Å². The van der Waals surface area contributed by atoms with E-state index in [0.29, 0.717) is 22.6 Å². The molecule has 0 bridgehead atoms. The van der Waals surface area contributed by atoms with Crippen LogP contribution in [0, 0.1) is 0 Å². The van der Waals surface area contributed by atoms with Gasteiger partial charge in [-0.1, -0.05) is 53.9 Å². The van der Waals surface area contributed by atoms with Crippen LogP contribution in [0.4, 0.5) is 5.69 Å². The number of amides is 1. The largest absolute Gasteiger partial charge is 0.325 e. The maximum atomic E-state index is 12.3. The van der Waals surface area contributed by atoms with Gasteiger partial charge in [-0.15, -0.1) is 0 Å². The first-order valence-electron chi connectivity index (χ1n) is 7.52. The molecule has 0 unspecified atom stereocenters. The third-order valence-corrected chi connectivity index (χ3v) is 5.60. The molecule has 1 heterocycles. The molecule has 0 radical (unpaired) electrons. The monoisotopic (exact) mass is 356 g/mol. The van der Waals surface area contributed by atoms with E-state index in [9.17, 15) is 9.59 Å². The number of carbonyl (C=O) groups excluding carboxylic acids is 2. The van der Waals surface area contributed by atoms with Crippen LogP contribution in [0.1, 0.15) is 15.9 Å². The SMILES string of the molecule is O=C(CSC1=NCCS1)Nc1ccc(C(=O)c2ccccc2)cc1. The van der Waals surface area contributed by atoms with Crippen molar-refractivity contribution in [1.29, 1.82) is 0 Å². The molecule has 0 saturated heterocycles. The number of hydrogen-bond donors (Lipinski definition) is 1. The molecule has 122 valence electrons. The first-order valence-corrected chi connectivity index (χ1v) is 9.49. The molecular formula is C18H16N2O2S2. The topological polar surface area (TPSA) is 58.5 Å². The van der Waals surface area contributed by atoms with Crippen molar-refractivity contribution in [2.24, 2.45) is 4.99 Å². The van der Waals surface area contributed by atoms with Crippen molar-refractivity contribution in [2.75, 3.05) is 23.4 Å². The summed E-state index contributed by atoms with van der Waals surface area (Å²) in [6, 6.07) is 16.1. The van der Waals surface area contributed by atoms with Crippen LogP contribution >= 0.6 is 23.5 Å². The first kappa shape index (κ1) is 16.8. The molecule has 1 N–H and O–H groups in total. The van der Waals surface area contributed by atoms with Crippen molar-refractivity contribution in [3.05, 3.63) is 65.7 Å². The minimum absolute atomic E-state index is 0.0275. The second-order valence-corrected chi connectivity index (χ2v) is 7.41. The summed E-state index contributed by atoms with van der Waals surface area (Å²) in [6.07, 6.45) is 0. The van der Waals surface area contributed by atoms with Gasteiger partial charge in [-0.3, -0.25) is 14.6 Å². The van der Waals surface area contributed by atoms with Crippen LogP contribution in [-0.4, -0.2) is 34.1 Å². The Hall–Kier alpha value is -2.05. The Labute approximate surface area is 149 Å². The van der Waals surface area contributed by atoms with E-state index < -0.39 is 0 Å². The summed E-state index contributed by atoms with van der Waals surface area (Å²) in [5, 5.41) is 2.84. The summed E-state index contributed by atoms with van der Waals surface area (Å²) in [5.41, 5.74) is 1.94. The number of carbonyl (C=O) groups is 2. The highest BCUT2D eigenvalue weighted by atomic mass is 32.2. The van der Waals surface area contributed by atoms with Crippen molar-refractivity contribution in [3.63, 3.8) is 0 Å². The van der Waals surface area contributed by atoms with Gasteiger partial charge in [0.15, 0.2) is 5.78 Å². The van der Waals surface area contributed by atoms with Gasteiger partial charge < -0.3 is 5.32 Å². The van der Waals surface area contributed by atoms with Crippen LogP contribution in [-0.2, 0) is 4.79 Å². The highest BCUT2D eigenvalue weighted by molar-refractivity contribution is 8.39. The Morgan fingerprint density at radius 1 is 1.04 bits per heavy atom. The zero-order chi connectivity index (χ0) is 16.8. The third-order valence-electron chi connectivity index (χ3n) is 3.35. The minimum atomic E-state index is -0.0719. The highest BCUT2D eigenvalue weighted by Crippen LogP contribution is 2.22. The van der Waals surface area contributed by atoms with Crippen LogP contribution in [0.5, 0.6) is 0 Å². The lowest BCUT2D eigenvalue weighted by Crippen LogP contribution is -2.14. The molecule has 0 aliphatic carbocycles. The quantitative estimate of drug-likeness (QED) is 0.830. The fourth-order valence-electron chi connectivity index (χ4n) is 2.19. The molecule has 6 heteroatoms. The second kappa shape index (κ2) is 8.17. The van der Waals surface area contributed by atoms with Crippen LogP contribution in [0.3, 0.4) is 0 Å². The molecule has 0 saturated carbocycles. The number of aliphatic imine (C=N–C) groups is 1. The number of hydrogen-bond acceptors (Lipinski definition) is 5. The number of thioether (sulfide) groups is 2. The molecule has 4 nitrogen and oxygen atoms in total. The summed E-state index contributed by atoms with van der Waals surface area (Å²) < 4.78 is 0.981. The second-order valence-electron chi connectivity index (χ2n) is 5.11. The predicted octanol–water partition coefficient (Wildman–Crippen LogP) is 3.69. The lowest BCUT2D eigenvalue weighted by atomic mass is 10.0. The average molecular weight is 356 g/mol. The first-order chi connectivity index (χ1) is 11.7. The number of rotatable bonds is 5. The summed E-state index contributed by atoms with van der Waals surface area (Å²) in [7, 11) is 0. The molecule has 2 aromatic rings. The van der Waals surface area contributed by atoms with E-state index in [2.05, 4.69) is 10.3 Å². The molecule has 2 aromatic carbocycles. The van der Waals surface area contributed by atoms with Gasteiger partial charge in [0.05, 0.1) is 12.3 Å². The molecular weight excluding hydrogens is 340 g/mol. The Balaban J connectivity index is 1.56. The van der Waals surface area contributed by atoms with Crippen LogP contribution < -0.4 is 5.32 Å². The lowest BCUT2D eigenvalue weighted by Gasteiger charge is -2.06. The number of anilines is 1. The molecule has 0 aromatic heterocycles. The van der Waals surface area contributed by atoms with Gasteiger partial charge in [-0.05, 0) is 24.3 Å². The smallest absolute Gasteiger partial charge is 0.234 e. The summed E-state index contributed by atoms with van der Waals surface area (Å²) in [4.78, 5) is 28.6. The fraction of sp³-hybridized carbons (Fsp3) is 0.167. The van der Waals surface area contributed by atoms with E-state index in [-0.39, 0.29) is 11.7 Å². The Morgan fingerprint density at radius 2 is 1.75 bits per heavy atom. The molecule has 24 heavy (non-hydrogen) atoms. The Kier molecular flexibility index (Phi) is 5.72. The van der Waals surface area contributed by atoms with Gasteiger partial charge >= 0.3 is 0 Å². The van der Waals surface area contributed by atoms with Crippen LogP contribution in [0.15, 0.2) is 59.6 Å². The van der Waals surface area contributed by atoms with Crippen LogP contribution in [0.25, 0.3) is 0 Å². The van der Waals surface area contributed by atoms with Gasteiger partial charge in [-0.2, -0.15) is 0 Å². The van der Waals surface area contributed by atoms with Gasteiger partial charge in [0.2, 0.25) is 5.91 Å². The number of benzene rings is 2. The van der Waals surface area contributed by atoms with Crippen LogP contribution in [0.2, 0.25) is 0 Å². The fourth-order valence-corrected chi connectivity index (χ4v) is 4.00. The standard InChI is InChI=1S/C18H16N2O2S2/c21-16(12-24-18-19-10-11-23-18)20-15-8-6-14(7-9-15)17(22)13-4-2-1-3-5-13/h1-9H,10-12H2,(H,20,21). The normalized spacial score (nSPS) is 13.4. The number of nitrogens with zero attached hydrogens (tertiary/aromatic N) is 1. The molecule has 1 aliphatic rings. The minimum Gasteiger partial charge on any atom is -0.325 e. The van der Waals surface area contributed by atoms with Crippen molar-refractivity contribution < 1.29 is 9.59 Å². The Morgan fingerprint density at radius 3 is 2.42 bits per heavy atom. The summed E-state index contributed by atoms with van der Waals surface area (Å²) in [5.74, 6) is 1.25. The molecule has 3 rings (SSSR count). The highest BCUT2D eigenvalue weighted by Gasteiger charge is 2.11. The molecule has 0 atom stereocenters. The molecule has 1 amide bonds. The average Bonchev–Trinajstić information content (AvgIpc) is 3.14. The van der Waals surface area contributed by atoms with E-state index in [1.807, 2.05) is 18.2 Å². The molecule has 0 spiro atoms. The van der Waals surface area contributed by atoms with E-state index in [0.717, 1.165) is 16.7 Å². The number of nitrogens with one attached hydrogen (secondary N) is 1. The van der Waals surface area contributed by atoms with E-state index >= 15 is 0 Å². The van der Waals surface area contributed by atoms with Crippen molar-refractivity contribution in [2.45, 2.75) is 0 Å². The zero-order valence-electron chi connectivity index (χ0n) is 12.9. The lowest BCUT2D eigenvalue weighted by molar-refractivity contribution is -0.113. The molecule has 1 aliphatic heterocycles. The van der Waals surface area contributed by atoms with E-state index in [1.165, 1.54) is 11.8 Å². The van der Waals surface area contributed by atoms with Gasteiger partial charge in [-0.25, -0.2) is 0 Å². The predicted molar refractivity (Wildman–Crippen MR) is 102 cm³/mol. The zero-order valence-corrected chi connectivity index (χ0v) is 14.5. The van der Waals surface area contributed by atoms with Crippen molar-refractivity contribution in [3.8, 4) is 0 Å². The summed E-state index contributed by atoms with van der Waals surface area (Å²) in [6.45, 7) is 0.839. The van der Waals surface area contributed by atoms with Gasteiger partial charge in [0, 0.05) is 22.6 Å². The number of ketones is 1. The van der Waals surface area contributed by atoms with Gasteiger partial charge in [0.25, 0.3) is 0 Å². The van der Waals surface area contributed by atoms with Gasteiger partial charge in [0.1, 0.15) is 4.38 Å². The van der Waals surface area contributed by atoms with E-state index in [1.54, 1.807) is 48.2 Å². The van der Waals surface area contributed by atoms with Crippen molar-refractivity contribution in [1.82, 2.24) is 0 Å². The maximum absolute atomic E-state index is 12.3. The summed E-state index contributed by atoms with van der Waals surface area (Å²) >= 11 is 3.15. The van der Waals surface area contributed by atoms with E-state index in [4.69, 9.17) is 0 Å². The third kappa shape index (κ3) is 4.49. The Bertz CT molecular complexity index is 758. The molecule has 0 fully saturated rings.